The van der Waals surface area contributed by atoms with E-state index in [9.17, 15) is 5.11 Å². The van der Waals surface area contributed by atoms with E-state index >= 15 is 0 Å². The van der Waals surface area contributed by atoms with Gasteiger partial charge in [0.2, 0.25) is 5.88 Å². The van der Waals surface area contributed by atoms with Crippen molar-refractivity contribution in [1.29, 1.82) is 0 Å². The number of rotatable bonds is 3. The Morgan fingerprint density at radius 1 is 1.42 bits per heavy atom. The zero-order valence-corrected chi connectivity index (χ0v) is 11.7. The molecule has 0 aliphatic carbocycles. The van der Waals surface area contributed by atoms with Crippen molar-refractivity contribution in [2.45, 2.75) is 12.3 Å². The minimum atomic E-state index is 0.0926. The molecule has 1 atom stereocenters. The Labute approximate surface area is 120 Å². The molecular weight excluding hydrogens is 284 g/mol. The molecule has 1 fully saturated rings. The Hall–Kier alpha value is -1.30. The first-order valence-electron chi connectivity index (χ1n) is 6.03. The molecule has 0 amide bonds. The number of thiazole rings is 1. The number of anilines is 2. The number of aromatic hydroxyl groups is 1. The van der Waals surface area contributed by atoms with Crippen LogP contribution in [0.1, 0.15) is 17.2 Å². The minimum absolute atomic E-state index is 0.0926. The molecule has 3 rings (SSSR count). The molecule has 4 nitrogen and oxygen atoms in total. The van der Waals surface area contributed by atoms with Gasteiger partial charge in [-0.15, -0.1) is 0 Å². The lowest BCUT2D eigenvalue weighted by atomic mass is 10.1. The average molecular weight is 297 g/mol. The summed E-state index contributed by atoms with van der Waals surface area (Å²) in [6.07, 6.45) is 0.932. The Kier molecular flexibility index (Phi) is 3.59. The Balaban J connectivity index is 1.82. The number of benzene rings is 1. The molecule has 1 aliphatic rings. The van der Waals surface area contributed by atoms with Crippen LogP contribution in [-0.4, -0.2) is 23.3 Å². The summed E-state index contributed by atoms with van der Waals surface area (Å²) in [5, 5.41) is 14.3. The molecule has 6 heteroatoms. The van der Waals surface area contributed by atoms with Gasteiger partial charge in [0.25, 0.3) is 0 Å². The molecule has 19 heavy (non-hydrogen) atoms. The second-order valence-electron chi connectivity index (χ2n) is 4.37. The van der Waals surface area contributed by atoms with Gasteiger partial charge in [-0.2, -0.15) is 4.98 Å². The summed E-state index contributed by atoms with van der Waals surface area (Å²) in [5.41, 5.74) is 0.784. The smallest absolute Gasteiger partial charge is 0.227 e. The third-order valence-electron chi connectivity index (χ3n) is 3.05. The normalized spacial score (nSPS) is 18.7. The molecule has 1 aliphatic heterocycles. The molecule has 0 spiro atoms. The van der Waals surface area contributed by atoms with Gasteiger partial charge in [-0.3, -0.25) is 0 Å². The number of para-hydroxylation sites is 1. The highest BCUT2D eigenvalue weighted by molar-refractivity contribution is 7.16. The van der Waals surface area contributed by atoms with Crippen molar-refractivity contribution < 1.29 is 9.84 Å². The van der Waals surface area contributed by atoms with Crippen LogP contribution in [0.25, 0.3) is 0 Å². The first-order chi connectivity index (χ1) is 9.24. The maximum atomic E-state index is 9.91. The summed E-state index contributed by atoms with van der Waals surface area (Å²) in [7, 11) is 0. The standard InChI is InChI=1S/C13H13ClN2O2S/c14-9-3-1-2-4-10(9)15-13-16-12(17)11(19-13)8-5-6-18-7-8/h1-4,8,17H,5-7H2,(H,15,16)/t8-/m0/s1. The SMILES string of the molecule is Oc1nc(Nc2ccccc2Cl)sc1[C@H]1CCOC1. The number of aromatic nitrogens is 1. The molecule has 0 saturated carbocycles. The van der Waals surface area contributed by atoms with Gasteiger partial charge in [-0.05, 0) is 18.6 Å². The van der Waals surface area contributed by atoms with Crippen molar-refractivity contribution in [3.8, 4) is 5.88 Å². The Morgan fingerprint density at radius 3 is 3.00 bits per heavy atom. The Bertz CT molecular complexity index is 582. The number of hydrogen-bond donors (Lipinski definition) is 2. The van der Waals surface area contributed by atoms with Gasteiger partial charge in [0.1, 0.15) is 0 Å². The van der Waals surface area contributed by atoms with Gasteiger partial charge in [-0.1, -0.05) is 35.1 Å². The van der Waals surface area contributed by atoms with E-state index in [1.54, 1.807) is 0 Å². The van der Waals surface area contributed by atoms with E-state index in [0.717, 1.165) is 23.6 Å². The van der Waals surface area contributed by atoms with Crippen molar-refractivity contribution in [1.82, 2.24) is 4.98 Å². The Morgan fingerprint density at radius 2 is 2.26 bits per heavy atom. The first kappa shape index (κ1) is 12.7. The molecule has 2 N–H and O–H groups in total. The molecule has 2 aromatic rings. The van der Waals surface area contributed by atoms with Gasteiger partial charge in [0, 0.05) is 12.5 Å². The maximum absolute atomic E-state index is 9.91. The fourth-order valence-electron chi connectivity index (χ4n) is 2.06. The largest absolute Gasteiger partial charge is 0.492 e. The van der Waals surface area contributed by atoms with Gasteiger partial charge in [0.05, 0.1) is 22.2 Å². The van der Waals surface area contributed by atoms with Crippen LogP contribution in [0.2, 0.25) is 5.02 Å². The second-order valence-corrected chi connectivity index (χ2v) is 5.81. The summed E-state index contributed by atoms with van der Waals surface area (Å²) in [5.74, 6) is 0.342. The fourth-order valence-corrected chi connectivity index (χ4v) is 3.24. The number of ether oxygens (including phenoxy) is 1. The average Bonchev–Trinajstić information content (AvgIpc) is 3.01. The van der Waals surface area contributed by atoms with Crippen molar-refractivity contribution in [3.05, 3.63) is 34.2 Å². The highest BCUT2D eigenvalue weighted by Crippen LogP contribution is 2.39. The van der Waals surface area contributed by atoms with Crippen LogP contribution in [0.3, 0.4) is 0 Å². The molecule has 1 aromatic carbocycles. The van der Waals surface area contributed by atoms with Gasteiger partial charge in [-0.25, -0.2) is 0 Å². The summed E-state index contributed by atoms with van der Waals surface area (Å²) < 4.78 is 5.34. The van der Waals surface area contributed by atoms with Crippen LogP contribution in [0, 0.1) is 0 Å². The van der Waals surface area contributed by atoms with Crippen LogP contribution in [0.5, 0.6) is 5.88 Å². The predicted molar refractivity (Wildman–Crippen MR) is 76.7 cm³/mol. The van der Waals surface area contributed by atoms with Crippen LogP contribution < -0.4 is 5.32 Å². The topological polar surface area (TPSA) is 54.4 Å². The van der Waals surface area contributed by atoms with Crippen LogP contribution in [0.15, 0.2) is 24.3 Å². The van der Waals surface area contributed by atoms with Gasteiger partial charge >= 0.3 is 0 Å². The summed E-state index contributed by atoms with van der Waals surface area (Å²) in [6, 6.07) is 7.45. The zero-order valence-electron chi connectivity index (χ0n) is 10.1. The molecule has 0 unspecified atom stereocenters. The monoisotopic (exact) mass is 296 g/mol. The molecule has 0 bridgehead atoms. The van der Waals surface area contributed by atoms with Gasteiger partial charge in [0.15, 0.2) is 5.13 Å². The number of halogens is 1. The van der Waals surface area contributed by atoms with Crippen molar-refractivity contribution >= 4 is 33.8 Å². The highest BCUT2D eigenvalue weighted by atomic mass is 35.5. The molecule has 0 radical (unpaired) electrons. The summed E-state index contributed by atoms with van der Waals surface area (Å²) in [6.45, 7) is 1.40. The lowest BCUT2D eigenvalue weighted by molar-refractivity contribution is 0.194. The summed E-state index contributed by atoms with van der Waals surface area (Å²) >= 11 is 7.53. The van der Waals surface area contributed by atoms with E-state index in [1.807, 2.05) is 24.3 Å². The molecule has 1 saturated heterocycles. The van der Waals surface area contributed by atoms with E-state index in [4.69, 9.17) is 16.3 Å². The van der Waals surface area contributed by atoms with Crippen molar-refractivity contribution in [2.24, 2.45) is 0 Å². The van der Waals surface area contributed by atoms with E-state index in [2.05, 4.69) is 10.3 Å². The first-order valence-corrected chi connectivity index (χ1v) is 7.22. The molecular formula is C13H13ClN2O2S. The van der Waals surface area contributed by atoms with Crippen molar-refractivity contribution in [3.63, 3.8) is 0 Å². The van der Waals surface area contributed by atoms with E-state index in [-0.39, 0.29) is 11.8 Å². The number of nitrogens with one attached hydrogen (secondary N) is 1. The zero-order chi connectivity index (χ0) is 13.2. The van der Waals surface area contributed by atoms with E-state index in [0.29, 0.717) is 16.8 Å². The third-order valence-corrected chi connectivity index (χ3v) is 4.50. The van der Waals surface area contributed by atoms with Gasteiger partial charge < -0.3 is 15.2 Å². The van der Waals surface area contributed by atoms with E-state index in [1.165, 1.54) is 11.3 Å². The summed E-state index contributed by atoms with van der Waals surface area (Å²) in [4.78, 5) is 5.02. The fraction of sp³-hybridized carbons (Fsp3) is 0.308. The molecule has 1 aromatic heterocycles. The maximum Gasteiger partial charge on any atom is 0.227 e. The quantitative estimate of drug-likeness (QED) is 0.906. The lowest BCUT2D eigenvalue weighted by Crippen LogP contribution is -1.94. The third kappa shape index (κ3) is 2.68. The van der Waals surface area contributed by atoms with Crippen LogP contribution in [-0.2, 0) is 4.74 Å². The molecule has 100 valence electrons. The predicted octanol–water partition coefficient (Wildman–Crippen LogP) is 3.75. The van der Waals surface area contributed by atoms with Crippen molar-refractivity contribution in [2.75, 3.05) is 18.5 Å². The van der Waals surface area contributed by atoms with E-state index < -0.39 is 0 Å². The highest BCUT2D eigenvalue weighted by Gasteiger charge is 2.24. The minimum Gasteiger partial charge on any atom is -0.492 e. The van der Waals surface area contributed by atoms with Crippen LogP contribution in [0.4, 0.5) is 10.8 Å². The molecule has 2 heterocycles. The number of nitrogens with zero attached hydrogens (tertiary/aromatic N) is 1. The van der Waals surface area contributed by atoms with Crippen LogP contribution >= 0.6 is 22.9 Å². The number of hydrogen-bond acceptors (Lipinski definition) is 5. The lowest BCUT2D eigenvalue weighted by Gasteiger charge is -2.04. The second kappa shape index (κ2) is 5.36.